The van der Waals surface area contributed by atoms with Crippen LogP contribution in [-0.2, 0) is 22.8 Å². The first-order valence-electron chi connectivity index (χ1n) is 7.70. The number of sulfone groups is 1. The lowest BCUT2D eigenvalue weighted by Gasteiger charge is -2.28. The van der Waals surface area contributed by atoms with E-state index in [0.29, 0.717) is 13.1 Å². The lowest BCUT2D eigenvalue weighted by atomic mass is 10.2. The minimum atomic E-state index is -2.85. The number of hydrogen-bond donors (Lipinski definition) is 1. The summed E-state index contributed by atoms with van der Waals surface area (Å²) in [6.07, 6.45) is 2.00. The predicted molar refractivity (Wildman–Crippen MR) is 86.5 cm³/mol. The smallest absolute Gasteiger partial charge is 0.153 e. The van der Waals surface area contributed by atoms with Crippen molar-refractivity contribution in [1.82, 2.24) is 10.3 Å². The Balaban J connectivity index is 2.13. The van der Waals surface area contributed by atoms with Gasteiger partial charge in [-0.05, 0) is 37.1 Å². The third kappa shape index (κ3) is 4.68. The molecule has 1 aromatic rings. The summed E-state index contributed by atoms with van der Waals surface area (Å²) in [5.41, 5.74) is 2.29. The molecule has 2 heterocycles. The largest absolute Gasteiger partial charge is 0.355 e. The van der Waals surface area contributed by atoms with Gasteiger partial charge in [0.05, 0.1) is 11.5 Å². The molecule has 0 saturated carbocycles. The van der Waals surface area contributed by atoms with Gasteiger partial charge < -0.3 is 10.2 Å². The lowest BCUT2D eigenvalue weighted by Crippen LogP contribution is -2.40. The Hall–Kier alpha value is -1.14. The van der Waals surface area contributed by atoms with Crippen LogP contribution in [0.3, 0.4) is 0 Å². The standard InChI is InChI=1S/C15H25N3O2S/c1-3-5-16-12-13-10-14(4-2)17-15(11-13)18-6-8-21(19,20)9-7-18/h10-11,16H,3-9,12H2,1-2H3. The van der Waals surface area contributed by atoms with Gasteiger partial charge in [0, 0.05) is 25.3 Å². The first kappa shape index (κ1) is 16.2. The maximum atomic E-state index is 11.5. The van der Waals surface area contributed by atoms with Crippen LogP contribution in [0, 0.1) is 0 Å². The van der Waals surface area contributed by atoms with E-state index in [9.17, 15) is 8.42 Å². The van der Waals surface area contributed by atoms with Crippen molar-refractivity contribution in [2.45, 2.75) is 33.2 Å². The third-order valence-electron chi connectivity index (χ3n) is 3.71. The summed E-state index contributed by atoms with van der Waals surface area (Å²) in [5.74, 6) is 1.38. The molecule has 1 saturated heterocycles. The van der Waals surface area contributed by atoms with E-state index in [1.807, 2.05) is 0 Å². The number of hydrogen-bond acceptors (Lipinski definition) is 5. The molecule has 5 nitrogen and oxygen atoms in total. The maximum Gasteiger partial charge on any atom is 0.153 e. The maximum absolute atomic E-state index is 11.5. The molecule has 6 heteroatoms. The summed E-state index contributed by atoms with van der Waals surface area (Å²) in [5, 5.41) is 3.40. The Morgan fingerprint density at radius 3 is 2.57 bits per heavy atom. The summed E-state index contributed by atoms with van der Waals surface area (Å²) in [7, 11) is -2.85. The van der Waals surface area contributed by atoms with E-state index < -0.39 is 9.84 Å². The van der Waals surface area contributed by atoms with Crippen molar-refractivity contribution < 1.29 is 8.42 Å². The van der Waals surface area contributed by atoms with E-state index in [0.717, 1.165) is 37.4 Å². The first-order valence-corrected chi connectivity index (χ1v) is 9.52. The Bertz CT molecular complexity index is 558. The molecule has 1 N–H and O–H groups in total. The Morgan fingerprint density at radius 2 is 1.95 bits per heavy atom. The molecule has 0 amide bonds. The predicted octanol–water partition coefficient (Wildman–Crippen LogP) is 1.38. The lowest BCUT2D eigenvalue weighted by molar-refractivity contribution is 0.586. The highest BCUT2D eigenvalue weighted by Crippen LogP contribution is 2.18. The van der Waals surface area contributed by atoms with E-state index in [1.165, 1.54) is 5.56 Å². The van der Waals surface area contributed by atoms with Crippen LogP contribution in [0.2, 0.25) is 0 Å². The second-order valence-corrected chi connectivity index (χ2v) is 7.80. The van der Waals surface area contributed by atoms with Crippen LogP contribution in [0.5, 0.6) is 0 Å². The second-order valence-electron chi connectivity index (χ2n) is 5.49. The highest BCUT2D eigenvalue weighted by molar-refractivity contribution is 7.91. The van der Waals surface area contributed by atoms with Gasteiger partial charge in [-0.1, -0.05) is 13.8 Å². The number of pyridine rings is 1. The topological polar surface area (TPSA) is 62.3 Å². The second kappa shape index (κ2) is 7.22. The van der Waals surface area contributed by atoms with Crippen molar-refractivity contribution in [1.29, 1.82) is 0 Å². The van der Waals surface area contributed by atoms with Crippen molar-refractivity contribution in [3.8, 4) is 0 Å². The van der Waals surface area contributed by atoms with E-state index in [1.54, 1.807) is 0 Å². The van der Waals surface area contributed by atoms with Crippen molar-refractivity contribution in [2.75, 3.05) is 36.0 Å². The summed E-state index contributed by atoms with van der Waals surface area (Å²) in [6.45, 7) is 7.17. The van der Waals surface area contributed by atoms with Crippen molar-refractivity contribution in [3.05, 3.63) is 23.4 Å². The molecule has 21 heavy (non-hydrogen) atoms. The molecule has 1 fully saturated rings. The first-order chi connectivity index (χ1) is 10.0. The van der Waals surface area contributed by atoms with Gasteiger partial charge in [0.1, 0.15) is 5.82 Å². The molecule has 0 atom stereocenters. The molecule has 2 rings (SSSR count). The van der Waals surface area contributed by atoms with Gasteiger partial charge in [-0.3, -0.25) is 0 Å². The highest BCUT2D eigenvalue weighted by Gasteiger charge is 2.22. The monoisotopic (exact) mass is 311 g/mol. The highest BCUT2D eigenvalue weighted by atomic mass is 32.2. The molecule has 0 aliphatic carbocycles. The number of anilines is 1. The van der Waals surface area contributed by atoms with Crippen LogP contribution in [0.25, 0.3) is 0 Å². The molecular formula is C15H25N3O2S. The van der Waals surface area contributed by atoms with E-state index in [2.05, 4.69) is 41.2 Å². The minimum Gasteiger partial charge on any atom is -0.355 e. The molecule has 0 unspecified atom stereocenters. The van der Waals surface area contributed by atoms with Gasteiger partial charge in [-0.15, -0.1) is 0 Å². The quantitative estimate of drug-likeness (QED) is 0.804. The van der Waals surface area contributed by atoms with Gasteiger partial charge in [-0.2, -0.15) is 0 Å². The number of nitrogens with one attached hydrogen (secondary N) is 1. The van der Waals surface area contributed by atoms with Gasteiger partial charge in [0.15, 0.2) is 9.84 Å². The van der Waals surface area contributed by atoms with Crippen LogP contribution in [-0.4, -0.2) is 44.5 Å². The SMILES string of the molecule is CCCNCc1cc(CC)nc(N2CCS(=O)(=O)CC2)c1. The van der Waals surface area contributed by atoms with Crippen LogP contribution >= 0.6 is 0 Å². The fraction of sp³-hybridized carbons (Fsp3) is 0.667. The zero-order valence-electron chi connectivity index (χ0n) is 12.9. The summed E-state index contributed by atoms with van der Waals surface area (Å²) < 4.78 is 23.1. The van der Waals surface area contributed by atoms with E-state index in [4.69, 9.17) is 0 Å². The summed E-state index contributed by atoms with van der Waals surface area (Å²) in [4.78, 5) is 6.74. The average molecular weight is 311 g/mol. The van der Waals surface area contributed by atoms with Crippen LogP contribution < -0.4 is 10.2 Å². The fourth-order valence-corrected chi connectivity index (χ4v) is 3.63. The zero-order chi connectivity index (χ0) is 15.3. The molecule has 0 bridgehead atoms. The Kier molecular flexibility index (Phi) is 5.58. The molecule has 0 spiro atoms. The van der Waals surface area contributed by atoms with E-state index in [-0.39, 0.29) is 11.5 Å². The van der Waals surface area contributed by atoms with Gasteiger partial charge in [-0.25, -0.2) is 13.4 Å². The van der Waals surface area contributed by atoms with Crippen LogP contribution in [0.4, 0.5) is 5.82 Å². The fourth-order valence-electron chi connectivity index (χ4n) is 2.43. The summed E-state index contributed by atoms with van der Waals surface area (Å²) in [6, 6.07) is 4.21. The molecule has 0 aromatic carbocycles. The molecular weight excluding hydrogens is 286 g/mol. The molecule has 1 aliphatic heterocycles. The van der Waals surface area contributed by atoms with Gasteiger partial charge in [0.25, 0.3) is 0 Å². The molecule has 1 aliphatic rings. The minimum absolute atomic E-state index is 0.231. The van der Waals surface area contributed by atoms with Gasteiger partial charge >= 0.3 is 0 Å². The summed E-state index contributed by atoms with van der Waals surface area (Å²) >= 11 is 0. The average Bonchev–Trinajstić information content (AvgIpc) is 2.47. The van der Waals surface area contributed by atoms with Crippen molar-refractivity contribution in [2.24, 2.45) is 0 Å². The number of aromatic nitrogens is 1. The normalized spacial score (nSPS) is 17.9. The number of rotatable bonds is 6. The van der Waals surface area contributed by atoms with Crippen LogP contribution in [0.15, 0.2) is 12.1 Å². The van der Waals surface area contributed by atoms with E-state index >= 15 is 0 Å². The molecule has 1 aromatic heterocycles. The molecule has 0 radical (unpaired) electrons. The van der Waals surface area contributed by atoms with Crippen molar-refractivity contribution in [3.63, 3.8) is 0 Å². The Morgan fingerprint density at radius 1 is 1.24 bits per heavy atom. The van der Waals surface area contributed by atoms with Crippen molar-refractivity contribution >= 4 is 15.7 Å². The van der Waals surface area contributed by atoms with Crippen LogP contribution in [0.1, 0.15) is 31.5 Å². The van der Waals surface area contributed by atoms with Gasteiger partial charge in [0.2, 0.25) is 0 Å². The zero-order valence-corrected chi connectivity index (χ0v) is 13.7. The Labute approximate surface area is 127 Å². The molecule has 118 valence electrons. The third-order valence-corrected chi connectivity index (χ3v) is 5.32. The number of aryl methyl sites for hydroxylation is 1. The number of nitrogens with zero attached hydrogens (tertiary/aromatic N) is 2.